The summed E-state index contributed by atoms with van der Waals surface area (Å²) in [5, 5.41) is 0.524. The fraction of sp³-hybridized carbons (Fsp3) is 0.455. The van der Waals surface area contributed by atoms with Crippen molar-refractivity contribution in [3.63, 3.8) is 0 Å². The summed E-state index contributed by atoms with van der Waals surface area (Å²) in [7, 11) is 0. The monoisotopic (exact) mass is 244 g/mol. The van der Waals surface area contributed by atoms with E-state index in [0.717, 1.165) is 13.0 Å². The average Bonchev–Trinajstić information content (AvgIpc) is 2.78. The van der Waals surface area contributed by atoms with E-state index in [1.165, 1.54) is 12.1 Å². The Morgan fingerprint density at radius 3 is 3.00 bits per heavy atom. The Morgan fingerprint density at radius 2 is 2.38 bits per heavy atom. The molecule has 0 aliphatic carbocycles. The maximum absolute atomic E-state index is 13.2. The van der Waals surface area contributed by atoms with E-state index in [1.807, 2.05) is 0 Å². The molecule has 0 amide bonds. The number of nitrogens with two attached hydrogens (primary N) is 1. The van der Waals surface area contributed by atoms with Gasteiger partial charge in [-0.25, -0.2) is 4.39 Å². The lowest BCUT2D eigenvalue weighted by Crippen LogP contribution is -2.34. The lowest BCUT2D eigenvalue weighted by molar-refractivity contribution is 0.177. The van der Waals surface area contributed by atoms with Gasteiger partial charge in [-0.05, 0) is 30.2 Å². The highest BCUT2D eigenvalue weighted by Gasteiger charge is 2.27. The van der Waals surface area contributed by atoms with Crippen LogP contribution in [0, 0.1) is 11.7 Å². The molecule has 1 aliphatic rings. The first-order valence-corrected chi connectivity index (χ1v) is 5.59. The van der Waals surface area contributed by atoms with Crippen LogP contribution in [0.25, 0.3) is 0 Å². The first kappa shape index (κ1) is 11.8. The molecule has 1 aromatic carbocycles. The van der Waals surface area contributed by atoms with Crippen LogP contribution in [-0.4, -0.2) is 13.2 Å². The standard InChI is InChI=1S/C11H14ClFN2O/c12-10-2-1-8(13)5-9(10)11(15-14)7-3-4-16-6-7/h1-2,5,7,11,15H,3-4,6,14H2. The molecule has 2 unspecified atom stereocenters. The van der Waals surface area contributed by atoms with Crippen LogP contribution < -0.4 is 11.3 Å². The number of ether oxygens (including phenoxy) is 1. The van der Waals surface area contributed by atoms with Crippen LogP contribution in [-0.2, 0) is 4.74 Å². The molecule has 1 fully saturated rings. The lowest BCUT2D eigenvalue weighted by Gasteiger charge is -2.22. The molecule has 1 heterocycles. The second-order valence-corrected chi connectivity index (χ2v) is 4.34. The zero-order valence-electron chi connectivity index (χ0n) is 8.75. The number of hydrogen-bond donors (Lipinski definition) is 2. The van der Waals surface area contributed by atoms with E-state index in [4.69, 9.17) is 22.2 Å². The first-order chi connectivity index (χ1) is 7.72. The number of nitrogens with one attached hydrogen (secondary N) is 1. The number of rotatable bonds is 3. The Morgan fingerprint density at radius 1 is 1.56 bits per heavy atom. The zero-order chi connectivity index (χ0) is 11.5. The Kier molecular flexibility index (Phi) is 3.76. The van der Waals surface area contributed by atoms with E-state index in [2.05, 4.69) is 5.43 Å². The normalized spacial score (nSPS) is 22.3. The molecule has 3 nitrogen and oxygen atoms in total. The zero-order valence-corrected chi connectivity index (χ0v) is 9.51. The highest BCUT2D eigenvalue weighted by molar-refractivity contribution is 6.31. The highest BCUT2D eigenvalue weighted by atomic mass is 35.5. The number of halogens is 2. The maximum Gasteiger partial charge on any atom is 0.123 e. The van der Waals surface area contributed by atoms with Crippen LogP contribution in [0.4, 0.5) is 4.39 Å². The Bertz CT molecular complexity index is 369. The molecule has 0 aromatic heterocycles. The van der Waals surface area contributed by atoms with Crippen molar-refractivity contribution in [3.8, 4) is 0 Å². The van der Waals surface area contributed by atoms with E-state index in [-0.39, 0.29) is 17.8 Å². The van der Waals surface area contributed by atoms with E-state index >= 15 is 0 Å². The van der Waals surface area contributed by atoms with Gasteiger partial charge >= 0.3 is 0 Å². The molecule has 1 aromatic rings. The summed E-state index contributed by atoms with van der Waals surface area (Å²) in [6.07, 6.45) is 0.904. The molecular weight excluding hydrogens is 231 g/mol. The number of hydrogen-bond acceptors (Lipinski definition) is 3. The molecule has 3 N–H and O–H groups in total. The molecule has 16 heavy (non-hydrogen) atoms. The summed E-state index contributed by atoms with van der Waals surface area (Å²) in [5.41, 5.74) is 3.39. The number of hydrazine groups is 1. The van der Waals surface area contributed by atoms with Gasteiger partial charge in [0.2, 0.25) is 0 Å². The predicted octanol–water partition coefficient (Wildman–Crippen LogP) is 2.02. The van der Waals surface area contributed by atoms with Crippen molar-refractivity contribution in [2.75, 3.05) is 13.2 Å². The third kappa shape index (κ3) is 2.35. The summed E-state index contributed by atoms with van der Waals surface area (Å²) < 4.78 is 18.5. The van der Waals surface area contributed by atoms with Crippen molar-refractivity contribution in [3.05, 3.63) is 34.6 Å². The quantitative estimate of drug-likeness (QED) is 0.632. The molecule has 0 bridgehead atoms. The molecule has 88 valence electrons. The predicted molar refractivity (Wildman–Crippen MR) is 60.4 cm³/mol. The van der Waals surface area contributed by atoms with Gasteiger partial charge in [-0.3, -0.25) is 11.3 Å². The summed E-state index contributed by atoms with van der Waals surface area (Å²) in [6.45, 7) is 1.34. The van der Waals surface area contributed by atoms with E-state index in [0.29, 0.717) is 17.2 Å². The van der Waals surface area contributed by atoms with Crippen LogP contribution in [0.3, 0.4) is 0 Å². The van der Waals surface area contributed by atoms with E-state index in [1.54, 1.807) is 6.07 Å². The third-order valence-corrected chi connectivity index (χ3v) is 3.25. The minimum Gasteiger partial charge on any atom is -0.381 e. The van der Waals surface area contributed by atoms with Crippen LogP contribution in [0.1, 0.15) is 18.0 Å². The molecule has 1 aliphatic heterocycles. The van der Waals surface area contributed by atoms with Gasteiger partial charge in [0.1, 0.15) is 5.82 Å². The van der Waals surface area contributed by atoms with Crippen LogP contribution in [0.15, 0.2) is 18.2 Å². The van der Waals surface area contributed by atoms with Crippen molar-refractivity contribution in [2.24, 2.45) is 11.8 Å². The molecular formula is C11H14ClFN2O. The Balaban J connectivity index is 2.28. The summed E-state index contributed by atoms with van der Waals surface area (Å²) in [6, 6.07) is 4.15. The lowest BCUT2D eigenvalue weighted by atomic mass is 9.93. The first-order valence-electron chi connectivity index (χ1n) is 5.21. The second kappa shape index (κ2) is 5.10. The van der Waals surface area contributed by atoms with Crippen molar-refractivity contribution < 1.29 is 9.13 Å². The summed E-state index contributed by atoms with van der Waals surface area (Å²) in [4.78, 5) is 0. The molecule has 0 saturated carbocycles. The molecule has 1 saturated heterocycles. The third-order valence-electron chi connectivity index (χ3n) is 2.91. The van der Waals surface area contributed by atoms with Gasteiger partial charge in [-0.15, -0.1) is 0 Å². The fourth-order valence-corrected chi connectivity index (χ4v) is 2.28. The van der Waals surface area contributed by atoms with Crippen molar-refractivity contribution >= 4 is 11.6 Å². The second-order valence-electron chi connectivity index (χ2n) is 3.93. The molecule has 0 spiro atoms. The van der Waals surface area contributed by atoms with Gasteiger partial charge in [0.25, 0.3) is 0 Å². The summed E-state index contributed by atoms with van der Waals surface area (Å²) >= 11 is 6.05. The molecule has 0 radical (unpaired) electrons. The van der Waals surface area contributed by atoms with Gasteiger partial charge < -0.3 is 4.74 Å². The topological polar surface area (TPSA) is 47.3 Å². The van der Waals surface area contributed by atoms with E-state index in [9.17, 15) is 4.39 Å². The largest absolute Gasteiger partial charge is 0.381 e. The SMILES string of the molecule is NNC(c1cc(F)ccc1Cl)C1CCOC1. The minimum atomic E-state index is -0.307. The van der Waals surface area contributed by atoms with Gasteiger partial charge in [0, 0.05) is 17.5 Å². The molecule has 2 rings (SSSR count). The highest BCUT2D eigenvalue weighted by Crippen LogP contribution is 2.32. The van der Waals surface area contributed by atoms with Gasteiger partial charge in [-0.2, -0.15) is 0 Å². The van der Waals surface area contributed by atoms with Crippen LogP contribution >= 0.6 is 11.6 Å². The van der Waals surface area contributed by atoms with E-state index < -0.39 is 0 Å². The van der Waals surface area contributed by atoms with Crippen LogP contribution in [0.5, 0.6) is 0 Å². The Labute approximate surface area is 98.7 Å². The van der Waals surface area contributed by atoms with Crippen molar-refractivity contribution in [2.45, 2.75) is 12.5 Å². The van der Waals surface area contributed by atoms with Crippen molar-refractivity contribution in [1.82, 2.24) is 5.43 Å². The smallest absolute Gasteiger partial charge is 0.123 e. The number of benzene rings is 1. The van der Waals surface area contributed by atoms with Gasteiger partial charge in [0.05, 0.1) is 12.6 Å². The van der Waals surface area contributed by atoms with Gasteiger partial charge in [-0.1, -0.05) is 11.6 Å². The minimum absolute atomic E-state index is 0.161. The fourth-order valence-electron chi connectivity index (χ4n) is 2.05. The molecule has 5 heteroatoms. The summed E-state index contributed by atoms with van der Waals surface area (Å²) in [5.74, 6) is 5.45. The maximum atomic E-state index is 13.2. The average molecular weight is 245 g/mol. The van der Waals surface area contributed by atoms with Crippen molar-refractivity contribution in [1.29, 1.82) is 0 Å². The Hall–Kier alpha value is -0.680. The van der Waals surface area contributed by atoms with Gasteiger partial charge in [0.15, 0.2) is 0 Å². The molecule has 2 atom stereocenters. The van der Waals surface area contributed by atoms with Crippen LogP contribution in [0.2, 0.25) is 5.02 Å².